The first-order valence-electron chi connectivity index (χ1n) is 10.2. The van der Waals surface area contributed by atoms with E-state index >= 15 is 0 Å². The lowest BCUT2D eigenvalue weighted by molar-refractivity contribution is -0.116. The molecule has 4 nitrogen and oxygen atoms in total. The summed E-state index contributed by atoms with van der Waals surface area (Å²) in [6, 6.07) is 20.8. The third-order valence-electron chi connectivity index (χ3n) is 6.00. The van der Waals surface area contributed by atoms with Crippen molar-refractivity contribution in [3.63, 3.8) is 0 Å². The molecule has 4 heteroatoms. The van der Waals surface area contributed by atoms with E-state index in [9.17, 15) is 4.79 Å². The van der Waals surface area contributed by atoms with Gasteiger partial charge >= 0.3 is 0 Å². The number of para-hydroxylation sites is 1. The summed E-state index contributed by atoms with van der Waals surface area (Å²) < 4.78 is 2.08. The SMILES string of the molecule is N#CCCn1cc(/C=C/C(=O)NCC2(c3ccccc3)CCC2)c2ccccc21. The van der Waals surface area contributed by atoms with E-state index in [0.717, 1.165) is 29.3 Å². The Morgan fingerprint density at radius 3 is 2.62 bits per heavy atom. The number of carbonyl (C=O) groups is 1. The standard InChI is InChI=1S/C25H25N3O/c26-16-7-17-28-18-20(22-10-4-5-11-23(22)28)12-13-24(29)27-19-25(14-6-15-25)21-8-2-1-3-9-21/h1-5,8-13,18H,6-7,14-15,17,19H2,(H,27,29)/b13-12+. The summed E-state index contributed by atoms with van der Waals surface area (Å²) in [5, 5.41) is 13.1. The first kappa shape index (κ1) is 19.0. The van der Waals surface area contributed by atoms with Crippen LogP contribution in [0.3, 0.4) is 0 Å². The minimum Gasteiger partial charge on any atom is -0.352 e. The van der Waals surface area contributed by atoms with E-state index in [1.165, 1.54) is 12.0 Å². The number of benzene rings is 2. The highest BCUT2D eigenvalue weighted by molar-refractivity contribution is 5.96. The van der Waals surface area contributed by atoms with Gasteiger partial charge in [-0.15, -0.1) is 0 Å². The molecular weight excluding hydrogens is 358 g/mol. The predicted molar refractivity (Wildman–Crippen MR) is 116 cm³/mol. The van der Waals surface area contributed by atoms with Gasteiger partial charge in [0, 0.05) is 47.2 Å². The normalized spacial score (nSPS) is 15.1. The number of nitrogens with zero attached hydrogens (tertiary/aromatic N) is 2. The predicted octanol–water partition coefficient (Wildman–Crippen LogP) is 4.81. The van der Waals surface area contributed by atoms with Gasteiger partial charge in [0.15, 0.2) is 0 Å². The summed E-state index contributed by atoms with van der Waals surface area (Å²) in [6.07, 6.45) is 9.42. The monoisotopic (exact) mass is 383 g/mol. The second-order valence-corrected chi connectivity index (χ2v) is 7.75. The largest absolute Gasteiger partial charge is 0.352 e. The lowest BCUT2D eigenvalue weighted by Crippen LogP contribution is -2.45. The fourth-order valence-electron chi connectivity index (χ4n) is 4.21. The number of fused-ring (bicyclic) bond motifs is 1. The quantitative estimate of drug-likeness (QED) is 0.596. The highest BCUT2D eigenvalue weighted by atomic mass is 16.1. The van der Waals surface area contributed by atoms with Crippen LogP contribution >= 0.6 is 0 Å². The van der Waals surface area contributed by atoms with Crippen molar-refractivity contribution in [1.29, 1.82) is 5.26 Å². The molecule has 0 saturated heterocycles. The van der Waals surface area contributed by atoms with Crippen LogP contribution in [0.5, 0.6) is 0 Å². The number of nitriles is 1. The molecule has 1 saturated carbocycles. The Kier molecular flexibility index (Phi) is 5.48. The number of rotatable bonds is 7. The van der Waals surface area contributed by atoms with Crippen LogP contribution in [0.1, 0.15) is 36.8 Å². The number of carbonyl (C=O) groups excluding carboxylic acids is 1. The molecule has 0 bridgehead atoms. The fourth-order valence-corrected chi connectivity index (χ4v) is 4.21. The van der Waals surface area contributed by atoms with Crippen LogP contribution in [0, 0.1) is 11.3 Å². The van der Waals surface area contributed by atoms with Gasteiger partial charge in [-0.05, 0) is 30.5 Å². The Morgan fingerprint density at radius 2 is 1.90 bits per heavy atom. The average molecular weight is 383 g/mol. The number of hydrogen-bond donors (Lipinski definition) is 1. The maximum Gasteiger partial charge on any atom is 0.244 e. The van der Waals surface area contributed by atoms with E-state index < -0.39 is 0 Å². The van der Waals surface area contributed by atoms with Crippen LogP contribution in [-0.4, -0.2) is 17.0 Å². The molecule has 4 rings (SSSR count). The summed E-state index contributed by atoms with van der Waals surface area (Å²) in [4.78, 5) is 12.5. The molecule has 1 aromatic heterocycles. The van der Waals surface area contributed by atoms with Crippen molar-refractivity contribution in [2.45, 2.75) is 37.6 Å². The van der Waals surface area contributed by atoms with Gasteiger partial charge in [0.2, 0.25) is 5.91 Å². The third kappa shape index (κ3) is 3.95. The van der Waals surface area contributed by atoms with Gasteiger partial charge in [0.1, 0.15) is 0 Å². The Labute approximate surface area is 171 Å². The van der Waals surface area contributed by atoms with Crippen molar-refractivity contribution in [3.8, 4) is 6.07 Å². The van der Waals surface area contributed by atoms with E-state index in [-0.39, 0.29) is 11.3 Å². The number of aromatic nitrogens is 1. The lowest BCUT2D eigenvalue weighted by Gasteiger charge is -2.42. The fraction of sp³-hybridized carbons (Fsp3) is 0.280. The molecule has 1 amide bonds. The lowest BCUT2D eigenvalue weighted by atomic mass is 9.64. The molecule has 1 N–H and O–H groups in total. The van der Waals surface area contributed by atoms with Crippen LogP contribution in [-0.2, 0) is 16.8 Å². The molecular formula is C25H25N3O. The van der Waals surface area contributed by atoms with E-state index in [0.29, 0.717) is 19.5 Å². The zero-order valence-corrected chi connectivity index (χ0v) is 16.5. The first-order valence-corrected chi connectivity index (χ1v) is 10.2. The van der Waals surface area contributed by atoms with Gasteiger partial charge in [-0.2, -0.15) is 5.26 Å². The summed E-state index contributed by atoms with van der Waals surface area (Å²) >= 11 is 0. The maximum absolute atomic E-state index is 12.5. The van der Waals surface area contributed by atoms with Gasteiger partial charge in [-0.3, -0.25) is 4.79 Å². The van der Waals surface area contributed by atoms with Crippen molar-refractivity contribution < 1.29 is 4.79 Å². The molecule has 0 aliphatic heterocycles. The summed E-state index contributed by atoms with van der Waals surface area (Å²) in [7, 11) is 0. The Balaban J connectivity index is 1.46. The highest BCUT2D eigenvalue weighted by Crippen LogP contribution is 2.43. The summed E-state index contributed by atoms with van der Waals surface area (Å²) in [5.74, 6) is -0.0685. The number of amides is 1. The molecule has 3 aromatic rings. The molecule has 1 fully saturated rings. The van der Waals surface area contributed by atoms with Gasteiger partial charge in [0.25, 0.3) is 0 Å². The molecule has 1 aliphatic rings. The minimum absolute atomic E-state index is 0.0685. The topological polar surface area (TPSA) is 57.8 Å². The zero-order valence-electron chi connectivity index (χ0n) is 16.5. The van der Waals surface area contributed by atoms with Crippen molar-refractivity contribution >= 4 is 22.9 Å². The Bertz CT molecular complexity index is 1070. The number of aryl methyl sites for hydroxylation is 1. The van der Waals surface area contributed by atoms with Crippen molar-refractivity contribution in [2.24, 2.45) is 0 Å². The molecule has 146 valence electrons. The Morgan fingerprint density at radius 1 is 1.14 bits per heavy atom. The van der Waals surface area contributed by atoms with Crippen LogP contribution in [0.25, 0.3) is 17.0 Å². The van der Waals surface area contributed by atoms with E-state index in [2.05, 4.69) is 46.3 Å². The molecule has 0 unspecified atom stereocenters. The summed E-state index contributed by atoms with van der Waals surface area (Å²) in [6.45, 7) is 1.32. The maximum atomic E-state index is 12.5. The second kappa shape index (κ2) is 8.36. The number of hydrogen-bond acceptors (Lipinski definition) is 2. The van der Waals surface area contributed by atoms with Crippen LogP contribution in [0.2, 0.25) is 0 Å². The average Bonchev–Trinajstić information content (AvgIpc) is 3.08. The van der Waals surface area contributed by atoms with Crippen molar-refractivity contribution in [2.75, 3.05) is 6.54 Å². The van der Waals surface area contributed by atoms with Gasteiger partial charge in [-0.25, -0.2) is 0 Å². The first-order chi connectivity index (χ1) is 14.2. The van der Waals surface area contributed by atoms with E-state index in [4.69, 9.17) is 5.26 Å². The third-order valence-corrected chi connectivity index (χ3v) is 6.00. The molecule has 2 aromatic carbocycles. The molecule has 1 aliphatic carbocycles. The zero-order chi connectivity index (χ0) is 20.1. The second-order valence-electron chi connectivity index (χ2n) is 7.75. The molecule has 0 spiro atoms. The van der Waals surface area contributed by atoms with E-state index in [1.807, 2.05) is 36.5 Å². The van der Waals surface area contributed by atoms with Crippen molar-refractivity contribution in [3.05, 3.63) is 78.0 Å². The van der Waals surface area contributed by atoms with Gasteiger partial charge in [0.05, 0.1) is 12.5 Å². The van der Waals surface area contributed by atoms with E-state index in [1.54, 1.807) is 6.08 Å². The molecule has 29 heavy (non-hydrogen) atoms. The highest BCUT2D eigenvalue weighted by Gasteiger charge is 2.38. The van der Waals surface area contributed by atoms with Gasteiger partial charge < -0.3 is 9.88 Å². The van der Waals surface area contributed by atoms with Crippen LogP contribution < -0.4 is 5.32 Å². The Hall–Kier alpha value is -3.32. The summed E-state index contributed by atoms with van der Waals surface area (Å²) in [5.41, 5.74) is 3.48. The minimum atomic E-state index is -0.0685. The van der Waals surface area contributed by atoms with Crippen molar-refractivity contribution in [1.82, 2.24) is 9.88 Å². The molecule has 0 atom stereocenters. The molecule has 1 heterocycles. The van der Waals surface area contributed by atoms with Gasteiger partial charge in [-0.1, -0.05) is 55.0 Å². The molecule has 0 radical (unpaired) electrons. The van der Waals surface area contributed by atoms with Crippen LogP contribution in [0.4, 0.5) is 0 Å². The van der Waals surface area contributed by atoms with Crippen LogP contribution in [0.15, 0.2) is 66.9 Å². The smallest absolute Gasteiger partial charge is 0.244 e. The number of nitrogens with one attached hydrogen (secondary N) is 1.